The van der Waals surface area contributed by atoms with Gasteiger partial charge in [-0.2, -0.15) is 0 Å². The molecule has 3 aliphatic rings. The molecule has 3 aliphatic heterocycles. The number of hydrogen-bond acceptors (Lipinski definition) is 7. The zero-order chi connectivity index (χ0) is 33.9. The third kappa shape index (κ3) is 7.26. The van der Waals surface area contributed by atoms with Crippen LogP contribution in [0.2, 0.25) is 10.0 Å². The first-order valence-electron chi connectivity index (χ1n) is 16.8. The van der Waals surface area contributed by atoms with Gasteiger partial charge in [0.1, 0.15) is 5.75 Å². The van der Waals surface area contributed by atoms with Gasteiger partial charge in [0.05, 0.1) is 29.5 Å². The van der Waals surface area contributed by atoms with Crippen LogP contribution in [0, 0.1) is 0 Å². The highest BCUT2D eigenvalue weighted by molar-refractivity contribution is 6.39. The van der Waals surface area contributed by atoms with Crippen LogP contribution in [0.25, 0.3) is 33.5 Å². The molecular formula is C38H39Cl2N5O4. The monoisotopic (exact) mass is 699 g/mol. The normalized spacial score (nSPS) is 20.0. The van der Waals surface area contributed by atoms with E-state index in [0.29, 0.717) is 54.2 Å². The Bertz CT molecular complexity index is 1890. The number of carbonyl (C=O) groups is 2. The van der Waals surface area contributed by atoms with Gasteiger partial charge in [0.15, 0.2) is 0 Å². The minimum absolute atomic E-state index is 0.103. The number of carbonyl (C=O) groups excluding carboxylic acids is 2. The molecular weight excluding hydrogens is 661 g/mol. The maximum absolute atomic E-state index is 11.6. The van der Waals surface area contributed by atoms with E-state index in [4.69, 9.17) is 37.7 Å². The Balaban J connectivity index is 1.10. The first-order chi connectivity index (χ1) is 23.9. The van der Waals surface area contributed by atoms with Gasteiger partial charge in [0, 0.05) is 90.4 Å². The Morgan fingerprint density at radius 3 is 2.20 bits per heavy atom. The topological polar surface area (TPSA) is 114 Å². The smallest absolute Gasteiger partial charge is 0.220 e. The van der Waals surface area contributed by atoms with E-state index in [9.17, 15) is 9.59 Å². The van der Waals surface area contributed by atoms with Gasteiger partial charge in [-0.1, -0.05) is 77.8 Å². The number of benzene rings is 3. The summed E-state index contributed by atoms with van der Waals surface area (Å²) in [4.78, 5) is 27.9. The lowest BCUT2D eigenvalue weighted by Crippen LogP contribution is -2.38. The Morgan fingerprint density at radius 1 is 0.837 bits per heavy atom. The number of nitrogens with one attached hydrogen (secondary N) is 4. The second kappa shape index (κ2) is 14.8. The highest BCUT2D eigenvalue weighted by Gasteiger charge is 2.26. The van der Waals surface area contributed by atoms with Gasteiger partial charge in [-0.05, 0) is 30.5 Å². The molecule has 0 radical (unpaired) electrons. The molecule has 0 aliphatic carbocycles. The molecule has 254 valence electrons. The summed E-state index contributed by atoms with van der Waals surface area (Å²) in [5.41, 5.74) is 6.92. The molecule has 2 amide bonds. The van der Waals surface area contributed by atoms with Crippen molar-refractivity contribution in [3.8, 4) is 45.1 Å². The van der Waals surface area contributed by atoms with E-state index in [1.807, 2.05) is 48.5 Å². The van der Waals surface area contributed by atoms with Crippen LogP contribution < -0.4 is 30.7 Å². The Labute approximate surface area is 296 Å². The number of methoxy groups -OCH3 is 1. The average Bonchev–Trinajstić information content (AvgIpc) is 3.74. The molecule has 0 unspecified atom stereocenters. The molecule has 2 saturated heterocycles. The van der Waals surface area contributed by atoms with Crippen LogP contribution in [0.4, 0.5) is 0 Å². The summed E-state index contributed by atoms with van der Waals surface area (Å²) in [6, 6.07) is 22.5. The van der Waals surface area contributed by atoms with Crippen molar-refractivity contribution in [2.45, 2.75) is 56.8 Å². The lowest BCUT2D eigenvalue weighted by Gasteiger charge is -2.28. The molecule has 0 spiro atoms. The molecule has 0 bridgehead atoms. The molecule has 4 N–H and O–H groups in total. The van der Waals surface area contributed by atoms with Crippen molar-refractivity contribution in [3.05, 3.63) is 87.9 Å². The van der Waals surface area contributed by atoms with Crippen LogP contribution in [-0.4, -0.2) is 55.7 Å². The van der Waals surface area contributed by atoms with Crippen LogP contribution in [-0.2, 0) is 16.1 Å². The predicted octanol–water partition coefficient (Wildman–Crippen LogP) is 6.46. The zero-order valence-corrected chi connectivity index (χ0v) is 28.8. The lowest BCUT2D eigenvalue weighted by molar-refractivity contribution is -0.120. The summed E-state index contributed by atoms with van der Waals surface area (Å²) in [5.74, 6) is 1.58. The van der Waals surface area contributed by atoms with Crippen molar-refractivity contribution in [2.24, 2.45) is 0 Å². The van der Waals surface area contributed by atoms with Crippen molar-refractivity contribution >= 4 is 35.0 Å². The number of hydrogen-bond donors (Lipinski definition) is 4. The van der Waals surface area contributed by atoms with Gasteiger partial charge in [-0.15, -0.1) is 0 Å². The highest BCUT2D eigenvalue weighted by Crippen LogP contribution is 2.44. The number of amides is 2. The van der Waals surface area contributed by atoms with Gasteiger partial charge in [0.2, 0.25) is 17.7 Å². The Hall–Kier alpha value is -4.15. The van der Waals surface area contributed by atoms with Gasteiger partial charge in [-0.25, -0.2) is 4.98 Å². The second-order valence-electron chi connectivity index (χ2n) is 12.8. The Kier molecular flexibility index (Phi) is 10.0. The molecule has 3 aromatic carbocycles. The summed E-state index contributed by atoms with van der Waals surface area (Å²) in [7, 11) is 1.61. The number of rotatable bonds is 11. The zero-order valence-electron chi connectivity index (χ0n) is 27.3. The SMILES string of the molecule is COc1nc(-c2cccc(-c3cccc(-c4ccc5c(c4)OCC[C@@H]5NC[C@H]4CCC(=O)N4)c3Cl)c2Cl)ccc1CNC[C@H]1CCC(=O)N1. The number of ether oxygens (including phenoxy) is 2. The minimum Gasteiger partial charge on any atom is -0.493 e. The Morgan fingerprint density at radius 2 is 1.51 bits per heavy atom. The van der Waals surface area contributed by atoms with E-state index in [-0.39, 0.29) is 29.9 Å². The number of nitrogens with zero attached hydrogens (tertiary/aromatic N) is 1. The molecule has 3 atom stereocenters. The van der Waals surface area contributed by atoms with E-state index in [1.165, 1.54) is 0 Å². The number of fused-ring (bicyclic) bond motifs is 1. The van der Waals surface area contributed by atoms with E-state index >= 15 is 0 Å². The summed E-state index contributed by atoms with van der Waals surface area (Å²) in [6.45, 7) is 2.59. The quantitative estimate of drug-likeness (QED) is 0.142. The average molecular weight is 701 g/mol. The van der Waals surface area contributed by atoms with E-state index in [0.717, 1.165) is 70.5 Å². The third-order valence-electron chi connectivity index (χ3n) is 9.55. The standard InChI is InChI=1S/C38H39Cl2N5O4/c1-48-38-23(19-41-20-24-10-14-34(46)43-24)9-13-32(45-38)30-7-3-6-28(37(30)40)27-5-2-4-26(36(27)39)22-8-12-29-31(16-17-49-33(29)18-22)42-21-25-11-15-35(47)44-25/h2-9,12-13,18,24-25,31,41-42H,10-11,14-17,19-21H2,1H3,(H,43,46)(H,44,47)/t24-,25-,31+/m1/s1. The third-order valence-corrected chi connectivity index (χ3v) is 10.4. The van der Waals surface area contributed by atoms with E-state index in [2.05, 4.69) is 39.5 Å². The molecule has 1 aromatic heterocycles. The van der Waals surface area contributed by atoms with Crippen molar-refractivity contribution in [1.82, 2.24) is 26.3 Å². The lowest BCUT2D eigenvalue weighted by atomic mass is 9.94. The van der Waals surface area contributed by atoms with E-state index in [1.54, 1.807) is 7.11 Å². The first-order valence-corrected chi connectivity index (χ1v) is 17.5. The summed E-state index contributed by atoms with van der Waals surface area (Å²) in [5, 5.41) is 14.2. The molecule has 4 heterocycles. The van der Waals surface area contributed by atoms with Crippen LogP contribution in [0.1, 0.15) is 49.3 Å². The predicted molar refractivity (Wildman–Crippen MR) is 192 cm³/mol. The highest BCUT2D eigenvalue weighted by atomic mass is 35.5. The van der Waals surface area contributed by atoms with Crippen LogP contribution >= 0.6 is 23.2 Å². The van der Waals surface area contributed by atoms with Crippen molar-refractivity contribution in [3.63, 3.8) is 0 Å². The van der Waals surface area contributed by atoms with Crippen LogP contribution in [0.15, 0.2) is 66.7 Å². The molecule has 2 fully saturated rings. The number of halogens is 2. The summed E-state index contributed by atoms with van der Waals surface area (Å²) < 4.78 is 11.8. The molecule has 0 saturated carbocycles. The van der Waals surface area contributed by atoms with Crippen LogP contribution in [0.5, 0.6) is 11.6 Å². The largest absolute Gasteiger partial charge is 0.493 e. The molecule has 9 nitrogen and oxygen atoms in total. The first kappa shape index (κ1) is 33.4. The van der Waals surface area contributed by atoms with Gasteiger partial charge >= 0.3 is 0 Å². The molecule has 11 heteroatoms. The van der Waals surface area contributed by atoms with Crippen molar-refractivity contribution in [2.75, 3.05) is 26.8 Å². The maximum Gasteiger partial charge on any atom is 0.220 e. The van der Waals surface area contributed by atoms with Gasteiger partial charge in [0.25, 0.3) is 0 Å². The summed E-state index contributed by atoms with van der Waals surface area (Å²) in [6.07, 6.45) is 3.73. The van der Waals surface area contributed by atoms with Crippen molar-refractivity contribution in [1.29, 1.82) is 0 Å². The molecule has 4 aromatic rings. The van der Waals surface area contributed by atoms with Crippen molar-refractivity contribution < 1.29 is 19.1 Å². The second-order valence-corrected chi connectivity index (χ2v) is 13.5. The molecule has 7 rings (SSSR count). The fourth-order valence-corrected chi connectivity index (χ4v) is 7.59. The molecule has 49 heavy (non-hydrogen) atoms. The minimum atomic E-state index is 0.103. The maximum atomic E-state index is 11.6. The van der Waals surface area contributed by atoms with Gasteiger partial charge in [-0.3, -0.25) is 9.59 Å². The fourth-order valence-electron chi connectivity index (χ4n) is 6.93. The van der Waals surface area contributed by atoms with Crippen LogP contribution in [0.3, 0.4) is 0 Å². The number of aromatic nitrogens is 1. The van der Waals surface area contributed by atoms with Gasteiger partial charge < -0.3 is 30.7 Å². The summed E-state index contributed by atoms with van der Waals surface area (Å²) >= 11 is 14.3. The fraction of sp³-hybridized carbons (Fsp3) is 0.342. The van der Waals surface area contributed by atoms with E-state index < -0.39 is 0 Å². The number of pyridine rings is 1.